The molecule has 0 heterocycles. The molecule has 0 aliphatic heterocycles. The highest BCUT2D eigenvalue weighted by Crippen LogP contribution is 2.01. The van der Waals surface area contributed by atoms with Crippen molar-refractivity contribution in [2.75, 3.05) is 13.1 Å². The third kappa shape index (κ3) is 3.90. The molecular formula is C10H18N2O. The minimum atomic E-state index is 0.112. The molecular weight excluding hydrogens is 164 g/mol. The van der Waals surface area contributed by atoms with E-state index in [1.807, 2.05) is 19.1 Å². The lowest BCUT2D eigenvalue weighted by molar-refractivity contribution is 0.284. The molecule has 0 bridgehead atoms. The van der Waals surface area contributed by atoms with Crippen molar-refractivity contribution in [3.05, 3.63) is 25.3 Å². The fourth-order valence-electron chi connectivity index (χ4n) is 1.07. The molecule has 0 amide bonds. The summed E-state index contributed by atoms with van der Waals surface area (Å²) in [4.78, 5) is 2.11. The predicted molar refractivity (Wildman–Crippen MR) is 56.3 cm³/mol. The average Bonchev–Trinajstić information content (AvgIpc) is 2.15. The summed E-state index contributed by atoms with van der Waals surface area (Å²) < 4.78 is 0. The van der Waals surface area contributed by atoms with Crippen molar-refractivity contribution in [1.29, 1.82) is 0 Å². The van der Waals surface area contributed by atoms with Crippen LogP contribution in [0.15, 0.2) is 30.5 Å². The summed E-state index contributed by atoms with van der Waals surface area (Å²) in [6, 6.07) is 0.112. The first kappa shape index (κ1) is 11.9. The zero-order valence-corrected chi connectivity index (χ0v) is 8.40. The van der Waals surface area contributed by atoms with Gasteiger partial charge in [0.05, 0.1) is 5.71 Å². The summed E-state index contributed by atoms with van der Waals surface area (Å²) in [6.45, 7) is 12.7. The average molecular weight is 182 g/mol. The molecule has 1 unspecified atom stereocenters. The summed E-state index contributed by atoms with van der Waals surface area (Å²) in [5, 5.41) is 11.8. The monoisotopic (exact) mass is 182 g/mol. The molecule has 1 atom stereocenters. The Labute approximate surface area is 80.0 Å². The molecule has 0 radical (unpaired) electrons. The van der Waals surface area contributed by atoms with E-state index in [1.54, 1.807) is 6.92 Å². The number of nitrogens with zero attached hydrogens (tertiary/aromatic N) is 2. The minimum Gasteiger partial charge on any atom is -0.411 e. The fraction of sp³-hybridized carbons (Fsp3) is 0.500. The van der Waals surface area contributed by atoms with Crippen LogP contribution in [0.1, 0.15) is 13.8 Å². The van der Waals surface area contributed by atoms with Crippen molar-refractivity contribution in [2.24, 2.45) is 5.16 Å². The topological polar surface area (TPSA) is 35.8 Å². The molecule has 0 rings (SSSR count). The molecule has 0 saturated carbocycles. The molecule has 3 nitrogen and oxygen atoms in total. The van der Waals surface area contributed by atoms with Crippen LogP contribution in [0.4, 0.5) is 0 Å². The van der Waals surface area contributed by atoms with Crippen molar-refractivity contribution in [3.63, 3.8) is 0 Å². The third-order valence-corrected chi connectivity index (χ3v) is 2.04. The normalized spacial score (nSPS) is 14.2. The maximum atomic E-state index is 8.60. The molecule has 3 heteroatoms. The second-order valence-electron chi connectivity index (χ2n) is 2.95. The van der Waals surface area contributed by atoms with Crippen LogP contribution in [-0.2, 0) is 0 Å². The van der Waals surface area contributed by atoms with E-state index in [0.29, 0.717) is 5.71 Å². The van der Waals surface area contributed by atoms with Gasteiger partial charge in [0.2, 0.25) is 0 Å². The van der Waals surface area contributed by atoms with Crippen molar-refractivity contribution in [2.45, 2.75) is 19.9 Å². The molecule has 0 fully saturated rings. The van der Waals surface area contributed by atoms with Gasteiger partial charge in [0.15, 0.2) is 0 Å². The second kappa shape index (κ2) is 6.43. The first-order valence-corrected chi connectivity index (χ1v) is 4.31. The molecule has 13 heavy (non-hydrogen) atoms. The Kier molecular flexibility index (Phi) is 5.89. The highest BCUT2D eigenvalue weighted by molar-refractivity contribution is 5.86. The van der Waals surface area contributed by atoms with E-state index in [1.165, 1.54) is 0 Å². The summed E-state index contributed by atoms with van der Waals surface area (Å²) in [6.07, 6.45) is 3.65. The Morgan fingerprint density at radius 2 is 1.92 bits per heavy atom. The van der Waals surface area contributed by atoms with Crippen LogP contribution in [0.5, 0.6) is 0 Å². The maximum absolute atomic E-state index is 8.60. The Morgan fingerprint density at radius 1 is 1.46 bits per heavy atom. The van der Waals surface area contributed by atoms with Gasteiger partial charge >= 0.3 is 0 Å². The van der Waals surface area contributed by atoms with Gasteiger partial charge in [0.1, 0.15) is 0 Å². The SMILES string of the molecule is C=CCN(CC=C)C(C)/C(C)=N/O. The van der Waals surface area contributed by atoms with Gasteiger partial charge in [-0.3, -0.25) is 4.90 Å². The van der Waals surface area contributed by atoms with Crippen LogP contribution in [0.2, 0.25) is 0 Å². The smallest absolute Gasteiger partial charge is 0.0708 e. The van der Waals surface area contributed by atoms with Crippen LogP contribution in [0, 0.1) is 0 Å². The summed E-state index contributed by atoms with van der Waals surface area (Å²) >= 11 is 0. The van der Waals surface area contributed by atoms with Gasteiger partial charge in [-0.25, -0.2) is 0 Å². The Balaban J connectivity index is 4.33. The second-order valence-corrected chi connectivity index (χ2v) is 2.95. The van der Waals surface area contributed by atoms with Gasteiger partial charge in [0.25, 0.3) is 0 Å². The summed E-state index contributed by atoms with van der Waals surface area (Å²) in [5.41, 5.74) is 0.698. The van der Waals surface area contributed by atoms with Gasteiger partial charge in [-0.2, -0.15) is 0 Å². The predicted octanol–water partition coefficient (Wildman–Crippen LogP) is 1.90. The van der Waals surface area contributed by atoms with Crippen molar-refractivity contribution in [3.8, 4) is 0 Å². The van der Waals surface area contributed by atoms with Crippen LogP contribution in [0.25, 0.3) is 0 Å². The third-order valence-electron chi connectivity index (χ3n) is 2.04. The Morgan fingerprint density at radius 3 is 2.23 bits per heavy atom. The molecule has 0 spiro atoms. The quantitative estimate of drug-likeness (QED) is 0.295. The molecule has 0 aromatic heterocycles. The summed E-state index contributed by atoms with van der Waals surface area (Å²) in [7, 11) is 0. The summed E-state index contributed by atoms with van der Waals surface area (Å²) in [5.74, 6) is 0. The first-order chi connectivity index (χ1) is 6.17. The molecule has 0 saturated heterocycles. The Bertz CT molecular complexity index is 189. The first-order valence-electron chi connectivity index (χ1n) is 4.31. The number of rotatable bonds is 6. The number of oxime groups is 1. The van der Waals surface area contributed by atoms with Gasteiger partial charge in [-0.05, 0) is 13.8 Å². The van der Waals surface area contributed by atoms with Crippen molar-refractivity contribution < 1.29 is 5.21 Å². The zero-order chi connectivity index (χ0) is 10.3. The minimum absolute atomic E-state index is 0.112. The zero-order valence-electron chi connectivity index (χ0n) is 8.40. The molecule has 0 aromatic carbocycles. The van der Waals surface area contributed by atoms with Gasteiger partial charge in [-0.15, -0.1) is 13.2 Å². The van der Waals surface area contributed by atoms with Crippen LogP contribution in [-0.4, -0.2) is 35.0 Å². The van der Waals surface area contributed by atoms with E-state index in [0.717, 1.165) is 13.1 Å². The van der Waals surface area contributed by atoms with E-state index < -0.39 is 0 Å². The van der Waals surface area contributed by atoms with Crippen molar-refractivity contribution >= 4 is 5.71 Å². The number of hydrogen-bond donors (Lipinski definition) is 1. The standard InChI is InChI=1S/C10H18N2O/c1-5-7-12(8-6-2)10(4)9(3)11-13/h5-6,10,13H,1-2,7-8H2,3-4H3/b11-9+. The molecule has 0 aromatic rings. The molecule has 0 aliphatic rings. The van der Waals surface area contributed by atoms with E-state index >= 15 is 0 Å². The lowest BCUT2D eigenvalue weighted by Gasteiger charge is -2.25. The number of hydrogen-bond acceptors (Lipinski definition) is 3. The van der Waals surface area contributed by atoms with E-state index in [-0.39, 0.29) is 6.04 Å². The van der Waals surface area contributed by atoms with E-state index in [9.17, 15) is 0 Å². The molecule has 1 N–H and O–H groups in total. The van der Waals surface area contributed by atoms with Gasteiger partial charge in [0, 0.05) is 19.1 Å². The fourth-order valence-corrected chi connectivity index (χ4v) is 1.07. The molecule has 74 valence electrons. The van der Waals surface area contributed by atoms with E-state index in [2.05, 4.69) is 23.2 Å². The Hall–Kier alpha value is -1.09. The highest BCUT2D eigenvalue weighted by Gasteiger charge is 2.13. The van der Waals surface area contributed by atoms with Crippen molar-refractivity contribution in [1.82, 2.24) is 4.90 Å². The maximum Gasteiger partial charge on any atom is 0.0708 e. The molecule has 0 aliphatic carbocycles. The van der Waals surface area contributed by atoms with Gasteiger partial charge in [-0.1, -0.05) is 17.3 Å². The van der Waals surface area contributed by atoms with Crippen LogP contribution >= 0.6 is 0 Å². The van der Waals surface area contributed by atoms with Crippen LogP contribution < -0.4 is 0 Å². The van der Waals surface area contributed by atoms with E-state index in [4.69, 9.17) is 5.21 Å². The van der Waals surface area contributed by atoms with Gasteiger partial charge < -0.3 is 5.21 Å². The largest absolute Gasteiger partial charge is 0.411 e. The highest BCUT2D eigenvalue weighted by atomic mass is 16.4. The lowest BCUT2D eigenvalue weighted by atomic mass is 10.2. The van der Waals surface area contributed by atoms with Crippen LogP contribution in [0.3, 0.4) is 0 Å². The lowest BCUT2D eigenvalue weighted by Crippen LogP contribution is -2.38.